The fourth-order valence-electron chi connectivity index (χ4n) is 3.44. The molecule has 0 bridgehead atoms. The second-order valence-corrected chi connectivity index (χ2v) is 6.82. The van der Waals surface area contributed by atoms with Gasteiger partial charge in [-0.3, -0.25) is 0 Å². The first kappa shape index (κ1) is 20.7. The smallest absolute Gasteiger partial charge is 0.418 e. The summed E-state index contributed by atoms with van der Waals surface area (Å²) in [6.07, 6.45) is 0. The lowest BCUT2D eigenvalue weighted by molar-refractivity contribution is -0.464. The first-order valence-electron chi connectivity index (χ1n) is 9.61. The molecule has 2 amide bonds. The van der Waals surface area contributed by atoms with Crippen molar-refractivity contribution in [2.75, 3.05) is 19.0 Å². The summed E-state index contributed by atoms with van der Waals surface area (Å²) in [4.78, 5) is 11.8. The van der Waals surface area contributed by atoms with Crippen LogP contribution in [0.3, 0.4) is 0 Å². The number of ether oxygens (including phenoxy) is 1. The van der Waals surface area contributed by atoms with Crippen LogP contribution in [0.5, 0.6) is 5.75 Å². The fraction of sp³-hybridized carbons (Fsp3) is 0.273. The Morgan fingerprint density at radius 1 is 1.24 bits per heavy atom. The lowest BCUT2D eigenvalue weighted by Gasteiger charge is -2.10. The molecular weight excluding hydrogens is 388 g/mol. The molecule has 29 heavy (non-hydrogen) atoms. The van der Waals surface area contributed by atoms with E-state index in [1.165, 1.54) is 5.32 Å². The van der Waals surface area contributed by atoms with E-state index in [9.17, 15) is 10.1 Å². The Labute approximate surface area is 175 Å². The summed E-state index contributed by atoms with van der Waals surface area (Å²) in [7, 11) is 0. The van der Waals surface area contributed by atoms with Crippen LogP contribution in [-0.2, 0) is 6.54 Å². The number of benzene rings is 2. The molecule has 0 aliphatic carbocycles. The molecule has 3 aromatic rings. The Bertz CT molecular complexity index is 1050. The Morgan fingerprint density at radius 3 is 2.62 bits per heavy atom. The van der Waals surface area contributed by atoms with Gasteiger partial charge in [-0.1, -0.05) is 0 Å². The fourth-order valence-corrected chi connectivity index (χ4v) is 3.53. The number of nitriles is 1. The van der Waals surface area contributed by atoms with Crippen molar-refractivity contribution in [3.05, 3.63) is 48.0 Å². The van der Waals surface area contributed by atoms with Gasteiger partial charge in [0.2, 0.25) is 0 Å². The molecule has 0 fully saturated rings. The van der Waals surface area contributed by atoms with Gasteiger partial charge in [0.15, 0.2) is 0 Å². The number of aromatic nitrogens is 1. The zero-order valence-electron chi connectivity index (χ0n) is 16.5. The van der Waals surface area contributed by atoms with Gasteiger partial charge in [0, 0.05) is 42.6 Å². The summed E-state index contributed by atoms with van der Waals surface area (Å²) in [6.45, 7) is 5.75. The van der Waals surface area contributed by atoms with Gasteiger partial charge in [-0.05, 0) is 43.7 Å². The molecule has 0 saturated heterocycles. The summed E-state index contributed by atoms with van der Waals surface area (Å²) in [5.41, 5.74) is 4.20. The summed E-state index contributed by atoms with van der Waals surface area (Å²) in [6, 6.07) is 15.6. The summed E-state index contributed by atoms with van der Waals surface area (Å²) >= 11 is 5.59. The number of nitrogens with one attached hydrogen (secondary N) is 1. The number of nitrogens with two attached hydrogens (primary N) is 1. The molecule has 0 radical (unpaired) electrons. The first-order valence-corrected chi connectivity index (χ1v) is 10.1. The highest BCUT2D eigenvalue weighted by Crippen LogP contribution is 2.35. The number of hydrogen-bond donors (Lipinski definition) is 2. The van der Waals surface area contributed by atoms with Gasteiger partial charge in [-0.15, -0.1) is 11.6 Å². The number of hydrogen-bond acceptors (Lipinski definition) is 3. The molecule has 2 aromatic carbocycles. The molecule has 7 heteroatoms. The van der Waals surface area contributed by atoms with Gasteiger partial charge in [-0.25, -0.2) is 10.1 Å². The minimum Gasteiger partial charge on any atom is -0.494 e. The lowest BCUT2D eigenvalue weighted by Crippen LogP contribution is -2.85. The molecule has 3 rings (SSSR count). The van der Waals surface area contributed by atoms with Crippen LogP contribution in [0.15, 0.2) is 42.5 Å². The minimum absolute atomic E-state index is 0.178. The molecule has 0 spiro atoms. The van der Waals surface area contributed by atoms with Crippen molar-refractivity contribution < 1.29 is 14.8 Å². The van der Waals surface area contributed by atoms with Crippen molar-refractivity contribution in [2.45, 2.75) is 20.4 Å². The molecule has 3 N–H and O–H groups in total. The largest absolute Gasteiger partial charge is 0.494 e. The summed E-state index contributed by atoms with van der Waals surface area (Å²) in [5.74, 6) is 1.17. The molecule has 0 saturated carbocycles. The third kappa shape index (κ3) is 4.37. The SMILES string of the molecule is CCOc1ccc2c(C#N)c(-c3ccc([NH2+]C(=O)NCCCl)cc3)n(CC)c2c1. The van der Waals surface area contributed by atoms with Gasteiger partial charge >= 0.3 is 6.03 Å². The van der Waals surface area contributed by atoms with E-state index >= 15 is 0 Å². The lowest BCUT2D eigenvalue weighted by atomic mass is 10.1. The zero-order valence-corrected chi connectivity index (χ0v) is 17.3. The maximum atomic E-state index is 11.8. The van der Waals surface area contributed by atoms with Crippen molar-refractivity contribution in [3.8, 4) is 23.1 Å². The number of rotatable bonds is 7. The number of primary amides is 1. The van der Waals surface area contributed by atoms with E-state index < -0.39 is 0 Å². The van der Waals surface area contributed by atoms with Crippen LogP contribution in [0, 0.1) is 11.3 Å². The average molecular weight is 412 g/mol. The van der Waals surface area contributed by atoms with E-state index in [-0.39, 0.29) is 6.03 Å². The van der Waals surface area contributed by atoms with E-state index in [1.807, 2.05) is 49.4 Å². The van der Waals surface area contributed by atoms with Gasteiger partial charge < -0.3 is 14.6 Å². The van der Waals surface area contributed by atoms with E-state index in [0.29, 0.717) is 24.6 Å². The maximum Gasteiger partial charge on any atom is 0.418 e. The number of nitrogens with zero attached hydrogens (tertiary/aromatic N) is 2. The normalized spacial score (nSPS) is 10.7. The molecule has 1 aromatic heterocycles. The van der Waals surface area contributed by atoms with Crippen molar-refractivity contribution in [2.24, 2.45) is 0 Å². The van der Waals surface area contributed by atoms with Gasteiger partial charge in [0.1, 0.15) is 17.5 Å². The van der Waals surface area contributed by atoms with Crippen LogP contribution in [0.25, 0.3) is 22.2 Å². The summed E-state index contributed by atoms with van der Waals surface area (Å²) < 4.78 is 7.76. The third-order valence-corrected chi connectivity index (χ3v) is 4.84. The van der Waals surface area contributed by atoms with E-state index in [0.717, 1.165) is 40.1 Å². The number of carbonyl (C=O) groups excluding carboxylic acids is 1. The van der Waals surface area contributed by atoms with Crippen LogP contribution >= 0.6 is 11.6 Å². The third-order valence-electron chi connectivity index (χ3n) is 4.65. The van der Waals surface area contributed by atoms with Crippen molar-refractivity contribution in [3.63, 3.8) is 0 Å². The van der Waals surface area contributed by atoms with Crippen molar-refractivity contribution in [1.82, 2.24) is 9.88 Å². The van der Waals surface area contributed by atoms with Gasteiger partial charge in [-0.2, -0.15) is 5.26 Å². The molecule has 150 valence electrons. The second kappa shape index (κ2) is 9.46. The molecule has 0 aliphatic rings. The maximum absolute atomic E-state index is 11.8. The predicted molar refractivity (Wildman–Crippen MR) is 115 cm³/mol. The van der Waals surface area contributed by atoms with Crippen LogP contribution in [0.4, 0.5) is 10.5 Å². The van der Waals surface area contributed by atoms with Crippen LogP contribution in [0.1, 0.15) is 19.4 Å². The van der Waals surface area contributed by atoms with E-state index in [4.69, 9.17) is 16.3 Å². The van der Waals surface area contributed by atoms with Gasteiger partial charge in [0.05, 0.1) is 23.4 Å². The first-order chi connectivity index (χ1) is 14.1. The van der Waals surface area contributed by atoms with Gasteiger partial charge in [0.25, 0.3) is 0 Å². The number of halogens is 1. The monoisotopic (exact) mass is 411 g/mol. The van der Waals surface area contributed by atoms with Crippen LogP contribution < -0.4 is 15.4 Å². The molecule has 6 nitrogen and oxygen atoms in total. The molecule has 0 aliphatic heterocycles. The summed E-state index contributed by atoms with van der Waals surface area (Å²) in [5, 5.41) is 15.0. The highest BCUT2D eigenvalue weighted by atomic mass is 35.5. The standard InChI is InChI=1S/C22H23ClN4O2/c1-3-27-20-13-17(29-4-2)9-10-18(20)19(14-24)21(27)15-5-7-16(8-6-15)26-22(28)25-12-11-23/h5-10,13H,3-4,11-12H2,1-2H3,(H2,25,26,28)/p+1. The van der Waals surface area contributed by atoms with E-state index in [2.05, 4.69) is 22.9 Å². The highest BCUT2D eigenvalue weighted by Gasteiger charge is 2.19. The number of quaternary nitrogens is 1. The molecule has 0 unspecified atom stereocenters. The zero-order chi connectivity index (χ0) is 20.8. The van der Waals surface area contributed by atoms with Crippen molar-refractivity contribution in [1.29, 1.82) is 5.26 Å². The second-order valence-electron chi connectivity index (χ2n) is 6.44. The van der Waals surface area contributed by atoms with E-state index in [1.54, 1.807) is 0 Å². The average Bonchev–Trinajstić information content (AvgIpc) is 3.05. The number of amides is 2. The number of urea groups is 1. The molecule has 1 heterocycles. The van der Waals surface area contributed by atoms with Crippen LogP contribution in [-0.4, -0.2) is 29.6 Å². The Hall–Kier alpha value is -3.01. The number of fused-ring (bicyclic) bond motifs is 1. The Morgan fingerprint density at radius 2 is 2.00 bits per heavy atom. The quantitative estimate of drug-likeness (QED) is 0.458. The highest BCUT2D eigenvalue weighted by molar-refractivity contribution is 6.18. The number of alkyl halides is 1. The molecule has 0 atom stereocenters. The molecular formula is C22H24ClN4O2+. The minimum atomic E-state index is -0.178. The topological polar surface area (TPSA) is 83.7 Å². The van der Waals surface area contributed by atoms with Crippen LogP contribution in [0.2, 0.25) is 0 Å². The Balaban J connectivity index is 2.00. The predicted octanol–water partition coefficient (Wildman–Crippen LogP) is 3.74. The Kier molecular flexibility index (Phi) is 6.76. The number of carbonyl (C=O) groups is 1. The number of aryl methyl sites for hydroxylation is 1. The van der Waals surface area contributed by atoms with Crippen molar-refractivity contribution >= 4 is 34.2 Å².